The van der Waals surface area contributed by atoms with E-state index >= 15 is 0 Å². The van der Waals surface area contributed by atoms with Gasteiger partial charge in [-0.25, -0.2) is 9.97 Å². The summed E-state index contributed by atoms with van der Waals surface area (Å²) in [7, 11) is 0. The van der Waals surface area contributed by atoms with E-state index in [0.717, 1.165) is 16.9 Å². The van der Waals surface area contributed by atoms with Crippen molar-refractivity contribution in [3.8, 4) is 11.3 Å². The van der Waals surface area contributed by atoms with Crippen molar-refractivity contribution in [3.63, 3.8) is 0 Å². The summed E-state index contributed by atoms with van der Waals surface area (Å²) < 4.78 is 6.26. The minimum Gasteiger partial charge on any atom is -0.449 e. The van der Waals surface area contributed by atoms with Gasteiger partial charge in [0, 0.05) is 23.9 Å². The summed E-state index contributed by atoms with van der Waals surface area (Å²) in [6.45, 7) is 0.517. The summed E-state index contributed by atoms with van der Waals surface area (Å²) in [6.07, 6.45) is 3.57. The summed E-state index contributed by atoms with van der Waals surface area (Å²) in [5.74, 6) is 1.49. The van der Waals surface area contributed by atoms with Crippen LogP contribution in [0.25, 0.3) is 11.3 Å². The Morgan fingerprint density at radius 3 is 2.62 bits per heavy atom. The van der Waals surface area contributed by atoms with Crippen LogP contribution < -0.4 is 5.32 Å². The third-order valence-corrected chi connectivity index (χ3v) is 4.46. The first-order valence-electron chi connectivity index (χ1n) is 7.29. The zero-order chi connectivity index (χ0) is 16.9. The average Bonchev–Trinajstić information content (AvgIpc) is 3.06. The molecule has 0 aliphatic rings. The normalized spacial score (nSPS) is 10.8. The van der Waals surface area contributed by atoms with Gasteiger partial charge in [-0.05, 0) is 39.9 Å². The van der Waals surface area contributed by atoms with Gasteiger partial charge in [0.05, 0.1) is 6.61 Å². The highest BCUT2D eigenvalue weighted by molar-refractivity contribution is 9.10. The number of aromatic nitrogens is 2. The molecular weight excluding hydrogens is 390 g/mol. The molecule has 5 nitrogen and oxygen atoms in total. The number of aliphatic hydroxyl groups excluding tert-OH is 1. The monoisotopic (exact) mass is 405 g/mol. The molecule has 0 aliphatic carbocycles. The fraction of sp³-hybridized carbons (Fsp3) is 0.176. The predicted octanol–water partition coefficient (Wildman–Crippen LogP) is 4.33. The van der Waals surface area contributed by atoms with E-state index in [-0.39, 0.29) is 6.61 Å². The fourth-order valence-corrected chi connectivity index (χ4v) is 2.85. The smallest absolute Gasteiger partial charge is 0.189 e. The Kier molecular flexibility index (Phi) is 5.55. The summed E-state index contributed by atoms with van der Waals surface area (Å²) in [5.41, 5.74) is 2.81. The molecule has 0 atom stereocenters. The molecule has 0 radical (unpaired) electrons. The standard InChI is InChI=1S/C17H16BrN3O2S/c1-24-17-20-9-13(10-22)16(21-17)19-8-11-2-4-12(5-3-11)14-6-7-15(18)23-14/h2-7,9,22H,8,10H2,1H3,(H,19,20,21). The van der Waals surface area contributed by atoms with Crippen LogP contribution in [-0.4, -0.2) is 21.3 Å². The van der Waals surface area contributed by atoms with Gasteiger partial charge in [-0.15, -0.1) is 0 Å². The fourth-order valence-electron chi connectivity index (χ4n) is 2.20. The van der Waals surface area contributed by atoms with Crippen LogP contribution in [0.15, 0.2) is 56.8 Å². The summed E-state index contributed by atoms with van der Waals surface area (Å²) in [5, 5.41) is 13.3. The number of furan rings is 1. The zero-order valence-electron chi connectivity index (χ0n) is 13.0. The molecule has 124 valence electrons. The number of halogens is 1. The van der Waals surface area contributed by atoms with Gasteiger partial charge in [0.15, 0.2) is 9.83 Å². The molecule has 1 aromatic carbocycles. The number of hydrogen-bond donors (Lipinski definition) is 2. The largest absolute Gasteiger partial charge is 0.449 e. The molecule has 0 amide bonds. The highest BCUT2D eigenvalue weighted by Gasteiger charge is 2.07. The van der Waals surface area contributed by atoms with Crippen LogP contribution in [-0.2, 0) is 13.2 Å². The van der Waals surface area contributed by atoms with Crippen molar-refractivity contribution in [2.75, 3.05) is 11.6 Å². The lowest BCUT2D eigenvalue weighted by Crippen LogP contribution is -2.06. The van der Waals surface area contributed by atoms with Crippen molar-refractivity contribution >= 4 is 33.5 Å². The van der Waals surface area contributed by atoms with E-state index in [0.29, 0.717) is 27.8 Å². The van der Waals surface area contributed by atoms with Crippen molar-refractivity contribution in [1.29, 1.82) is 0 Å². The Hall–Kier alpha value is -1.83. The van der Waals surface area contributed by atoms with Crippen molar-refractivity contribution in [2.45, 2.75) is 18.3 Å². The van der Waals surface area contributed by atoms with Crippen molar-refractivity contribution in [2.24, 2.45) is 0 Å². The van der Waals surface area contributed by atoms with Gasteiger partial charge in [0.1, 0.15) is 11.6 Å². The lowest BCUT2D eigenvalue weighted by atomic mass is 10.1. The van der Waals surface area contributed by atoms with Crippen molar-refractivity contribution < 1.29 is 9.52 Å². The lowest BCUT2D eigenvalue weighted by Gasteiger charge is -2.10. The van der Waals surface area contributed by atoms with Gasteiger partial charge in [0.2, 0.25) is 0 Å². The number of benzene rings is 1. The number of aliphatic hydroxyl groups is 1. The molecule has 0 fully saturated rings. The van der Waals surface area contributed by atoms with Crippen LogP contribution in [0.5, 0.6) is 0 Å². The SMILES string of the molecule is CSc1ncc(CO)c(NCc2ccc(-c3ccc(Br)o3)cc2)n1. The molecule has 0 aliphatic heterocycles. The molecule has 3 aromatic rings. The number of nitrogens with zero attached hydrogens (tertiary/aromatic N) is 2. The third kappa shape index (κ3) is 3.98. The van der Waals surface area contributed by atoms with Crippen LogP contribution in [0.4, 0.5) is 5.82 Å². The third-order valence-electron chi connectivity index (χ3n) is 3.47. The van der Waals surface area contributed by atoms with Crippen LogP contribution >= 0.6 is 27.7 Å². The van der Waals surface area contributed by atoms with E-state index in [2.05, 4.69) is 31.2 Å². The van der Waals surface area contributed by atoms with Gasteiger partial charge < -0.3 is 14.8 Å². The van der Waals surface area contributed by atoms with Gasteiger partial charge in [-0.1, -0.05) is 36.0 Å². The Labute approximate surface area is 152 Å². The van der Waals surface area contributed by atoms with Crippen LogP contribution in [0.3, 0.4) is 0 Å². The molecule has 24 heavy (non-hydrogen) atoms. The molecule has 7 heteroatoms. The molecule has 0 unspecified atom stereocenters. The van der Waals surface area contributed by atoms with Crippen LogP contribution in [0, 0.1) is 0 Å². The number of nitrogens with one attached hydrogen (secondary N) is 1. The maximum absolute atomic E-state index is 9.40. The van der Waals surface area contributed by atoms with E-state index in [1.165, 1.54) is 11.8 Å². The van der Waals surface area contributed by atoms with Crippen LogP contribution in [0.1, 0.15) is 11.1 Å². The highest BCUT2D eigenvalue weighted by Crippen LogP contribution is 2.25. The lowest BCUT2D eigenvalue weighted by molar-refractivity contribution is 0.281. The topological polar surface area (TPSA) is 71.2 Å². The van der Waals surface area contributed by atoms with E-state index in [9.17, 15) is 5.11 Å². The quantitative estimate of drug-likeness (QED) is 0.469. The molecule has 2 N–H and O–H groups in total. The van der Waals surface area contributed by atoms with Gasteiger partial charge in [0.25, 0.3) is 0 Å². The molecule has 0 saturated heterocycles. The number of thioether (sulfide) groups is 1. The Bertz CT molecular complexity index is 821. The molecule has 0 bridgehead atoms. The molecular formula is C17H16BrN3O2S. The van der Waals surface area contributed by atoms with Gasteiger partial charge in [-0.2, -0.15) is 0 Å². The summed E-state index contributed by atoms with van der Waals surface area (Å²) in [4.78, 5) is 8.57. The van der Waals surface area contributed by atoms with Crippen molar-refractivity contribution in [3.05, 3.63) is 58.4 Å². The van der Waals surface area contributed by atoms with E-state index < -0.39 is 0 Å². The second kappa shape index (κ2) is 7.83. The Balaban J connectivity index is 1.71. The molecule has 0 spiro atoms. The summed E-state index contributed by atoms with van der Waals surface area (Å²) in [6, 6.07) is 11.9. The molecule has 3 rings (SSSR count). The number of hydrogen-bond acceptors (Lipinski definition) is 6. The second-order valence-corrected chi connectivity index (χ2v) is 6.60. The van der Waals surface area contributed by atoms with Crippen LogP contribution in [0.2, 0.25) is 0 Å². The average molecular weight is 406 g/mol. The Morgan fingerprint density at radius 1 is 1.21 bits per heavy atom. The van der Waals surface area contributed by atoms with E-state index in [4.69, 9.17) is 4.42 Å². The molecule has 0 saturated carbocycles. The maximum Gasteiger partial charge on any atom is 0.189 e. The number of rotatable bonds is 6. The minimum atomic E-state index is -0.0939. The Morgan fingerprint density at radius 2 is 2.00 bits per heavy atom. The predicted molar refractivity (Wildman–Crippen MR) is 98.9 cm³/mol. The first kappa shape index (κ1) is 17.0. The highest BCUT2D eigenvalue weighted by atomic mass is 79.9. The first-order valence-corrected chi connectivity index (χ1v) is 9.30. The first-order chi connectivity index (χ1) is 11.7. The summed E-state index contributed by atoms with van der Waals surface area (Å²) >= 11 is 4.78. The van der Waals surface area contributed by atoms with Crippen molar-refractivity contribution in [1.82, 2.24) is 9.97 Å². The van der Waals surface area contributed by atoms with E-state index in [1.807, 2.05) is 42.7 Å². The van der Waals surface area contributed by atoms with Gasteiger partial charge >= 0.3 is 0 Å². The minimum absolute atomic E-state index is 0.0939. The maximum atomic E-state index is 9.40. The second-order valence-electron chi connectivity index (χ2n) is 5.04. The number of anilines is 1. The molecule has 2 aromatic heterocycles. The van der Waals surface area contributed by atoms with Gasteiger partial charge in [-0.3, -0.25) is 0 Å². The zero-order valence-corrected chi connectivity index (χ0v) is 15.4. The van der Waals surface area contributed by atoms with E-state index in [1.54, 1.807) is 6.20 Å². The molecule has 2 heterocycles.